The second kappa shape index (κ2) is 6.32. The molecule has 0 saturated heterocycles. The number of nitriles is 1. The quantitative estimate of drug-likeness (QED) is 0.879. The van der Waals surface area contributed by atoms with E-state index in [4.69, 9.17) is 0 Å². The van der Waals surface area contributed by atoms with Crippen molar-refractivity contribution in [3.05, 3.63) is 35.4 Å². The van der Waals surface area contributed by atoms with E-state index in [9.17, 15) is 19.1 Å². The van der Waals surface area contributed by atoms with E-state index in [1.54, 1.807) is 0 Å². The Hall–Kier alpha value is -1.47. The molecule has 2 nitrogen and oxygen atoms in total. The van der Waals surface area contributed by atoms with E-state index in [1.807, 2.05) is 0 Å². The molecule has 1 unspecified atom stereocenters. The summed E-state index contributed by atoms with van der Waals surface area (Å²) in [7, 11) is 0. The zero-order chi connectivity index (χ0) is 14.6. The van der Waals surface area contributed by atoms with E-state index in [0.717, 1.165) is 38.2 Å². The van der Waals surface area contributed by atoms with Crippen LogP contribution in [0.1, 0.15) is 56.6 Å². The van der Waals surface area contributed by atoms with Crippen LogP contribution in [0.3, 0.4) is 0 Å². The second-order valence-electron chi connectivity index (χ2n) is 5.58. The van der Waals surface area contributed by atoms with Gasteiger partial charge in [-0.1, -0.05) is 44.2 Å². The maximum absolute atomic E-state index is 13.9. The zero-order valence-electron chi connectivity index (χ0n) is 11.4. The standard InChI is InChI=1S/C16H19F2NO/c17-13-8-6-7-12(14(13)18)15(20)16(11-19)9-4-2-1-3-5-10-16/h6-8,15,20H,1-5,9-10H2. The van der Waals surface area contributed by atoms with Crippen LogP contribution >= 0.6 is 0 Å². The first-order valence-corrected chi connectivity index (χ1v) is 7.14. The van der Waals surface area contributed by atoms with E-state index >= 15 is 0 Å². The fraction of sp³-hybridized carbons (Fsp3) is 0.562. The van der Waals surface area contributed by atoms with Gasteiger partial charge in [-0.3, -0.25) is 0 Å². The molecule has 1 saturated carbocycles. The Kier molecular flexibility index (Phi) is 4.72. The van der Waals surface area contributed by atoms with E-state index in [-0.39, 0.29) is 5.56 Å². The lowest BCUT2D eigenvalue weighted by Gasteiger charge is -2.33. The van der Waals surface area contributed by atoms with Crippen molar-refractivity contribution in [2.45, 2.75) is 51.0 Å². The Morgan fingerprint density at radius 1 is 1.10 bits per heavy atom. The molecule has 2 rings (SSSR count). The van der Waals surface area contributed by atoms with Gasteiger partial charge in [-0.25, -0.2) is 8.78 Å². The molecule has 4 heteroatoms. The van der Waals surface area contributed by atoms with Crippen LogP contribution in [0.2, 0.25) is 0 Å². The molecule has 0 bridgehead atoms. The van der Waals surface area contributed by atoms with Gasteiger partial charge in [0.2, 0.25) is 0 Å². The molecule has 0 aliphatic heterocycles. The number of rotatable bonds is 2. The van der Waals surface area contributed by atoms with Crippen molar-refractivity contribution in [1.82, 2.24) is 0 Å². The summed E-state index contributed by atoms with van der Waals surface area (Å²) < 4.78 is 27.2. The summed E-state index contributed by atoms with van der Waals surface area (Å²) in [6, 6.07) is 5.94. The third kappa shape index (κ3) is 2.83. The van der Waals surface area contributed by atoms with Crippen molar-refractivity contribution in [3.8, 4) is 6.07 Å². The Morgan fingerprint density at radius 2 is 1.70 bits per heavy atom. The van der Waals surface area contributed by atoms with Crippen molar-refractivity contribution < 1.29 is 13.9 Å². The molecule has 0 amide bonds. The van der Waals surface area contributed by atoms with Gasteiger partial charge < -0.3 is 5.11 Å². The molecule has 0 heterocycles. The number of halogens is 2. The molecule has 0 spiro atoms. The lowest BCUT2D eigenvalue weighted by Crippen LogP contribution is -2.29. The average molecular weight is 279 g/mol. The van der Waals surface area contributed by atoms with Crippen LogP contribution in [0.15, 0.2) is 18.2 Å². The van der Waals surface area contributed by atoms with Crippen molar-refractivity contribution in [2.75, 3.05) is 0 Å². The predicted octanol–water partition coefficient (Wildman–Crippen LogP) is 4.25. The fourth-order valence-electron chi connectivity index (χ4n) is 3.01. The molecule has 1 aromatic rings. The van der Waals surface area contributed by atoms with Crippen molar-refractivity contribution in [2.24, 2.45) is 5.41 Å². The van der Waals surface area contributed by atoms with Gasteiger partial charge in [-0.15, -0.1) is 0 Å². The van der Waals surface area contributed by atoms with E-state index in [0.29, 0.717) is 12.8 Å². The lowest BCUT2D eigenvalue weighted by molar-refractivity contribution is 0.0402. The number of hydrogen-bond donors (Lipinski definition) is 1. The van der Waals surface area contributed by atoms with Gasteiger partial charge in [0.05, 0.1) is 11.5 Å². The highest BCUT2D eigenvalue weighted by Gasteiger charge is 2.40. The van der Waals surface area contributed by atoms with Gasteiger partial charge in [-0.05, 0) is 18.9 Å². The summed E-state index contributed by atoms with van der Waals surface area (Å²) in [5.74, 6) is -2.03. The highest BCUT2D eigenvalue weighted by molar-refractivity contribution is 5.25. The molecular formula is C16H19F2NO. The van der Waals surface area contributed by atoms with Gasteiger partial charge >= 0.3 is 0 Å². The first-order valence-electron chi connectivity index (χ1n) is 7.14. The lowest BCUT2D eigenvalue weighted by atomic mass is 9.71. The summed E-state index contributed by atoms with van der Waals surface area (Å²) in [4.78, 5) is 0. The van der Waals surface area contributed by atoms with E-state index in [2.05, 4.69) is 6.07 Å². The molecular weight excluding hydrogens is 260 g/mol. The van der Waals surface area contributed by atoms with Crippen LogP contribution in [-0.2, 0) is 0 Å². The Morgan fingerprint density at radius 3 is 2.30 bits per heavy atom. The van der Waals surface area contributed by atoms with Gasteiger partial charge in [0, 0.05) is 5.56 Å². The second-order valence-corrected chi connectivity index (χ2v) is 5.58. The highest BCUT2D eigenvalue weighted by atomic mass is 19.2. The molecule has 0 aromatic heterocycles. The largest absolute Gasteiger partial charge is 0.387 e. The van der Waals surface area contributed by atoms with E-state index < -0.39 is 23.2 Å². The molecule has 1 N–H and O–H groups in total. The Labute approximate surface area is 118 Å². The van der Waals surface area contributed by atoms with Crippen LogP contribution < -0.4 is 0 Å². The fourth-order valence-corrected chi connectivity index (χ4v) is 3.01. The monoisotopic (exact) mass is 279 g/mol. The molecule has 0 radical (unpaired) electrons. The van der Waals surface area contributed by atoms with Crippen LogP contribution in [-0.4, -0.2) is 5.11 Å². The minimum absolute atomic E-state index is 0.105. The number of benzene rings is 1. The first-order chi connectivity index (χ1) is 9.60. The smallest absolute Gasteiger partial charge is 0.164 e. The summed E-state index contributed by atoms with van der Waals surface area (Å²) in [5, 5.41) is 20.0. The summed E-state index contributed by atoms with van der Waals surface area (Å²) >= 11 is 0. The molecule has 1 atom stereocenters. The molecule has 108 valence electrons. The maximum Gasteiger partial charge on any atom is 0.164 e. The zero-order valence-corrected chi connectivity index (χ0v) is 11.4. The molecule has 1 aromatic carbocycles. The SMILES string of the molecule is N#CC1(C(O)c2cccc(F)c2F)CCCCCCC1. The Balaban J connectivity index is 2.34. The first kappa shape index (κ1) is 14.9. The van der Waals surface area contributed by atoms with Crippen molar-refractivity contribution >= 4 is 0 Å². The topological polar surface area (TPSA) is 44.0 Å². The van der Waals surface area contributed by atoms with Gasteiger partial charge in [0.25, 0.3) is 0 Å². The number of nitrogens with zero attached hydrogens (tertiary/aromatic N) is 1. The Bertz CT molecular complexity index is 502. The molecule has 1 aliphatic carbocycles. The summed E-state index contributed by atoms with van der Waals surface area (Å²) in [6.07, 6.45) is 4.61. The van der Waals surface area contributed by atoms with Crippen molar-refractivity contribution in [3.63, 3.8) is 0 Å². The van der Waals surface area contributed by atoms with E-state index in [1.165, 1.54) is 12.1 Å². The number of aliphatic hydroxyl groups is 1. The van der Waals surface area contributed by atoms with Crippen LogP contribution in [0.5, 0.6) is 0 Å². The third-order valence-corrected chi connectivity index (χ3v) is 4.27. The van der Waals surface area contributed by atoms with Crippen LogP contribution in [0, 0.1) is 28.4 Å². The van der Waals surface area contributed by atoms with Gasteiger partial charge in [0.15, 0.2) is 11.6 Å². The normalized spacial score (nSPS) is 20.5. The molecule has 1 aliphatic rings. The summed E-state index contributed by atoms with van der Waals surface area (Å²) in [5.41, 5.74) is -1.11. The van der Waals surface area contributed by atoms with Crippen LogP contribution in [0.4, 0.5) is 8.78 Å². The number of hydrogen-bond acceptors (Lipinski definition) is 2. The highest BCUT2D eigenvalue weighted by Crippen LogP contribution is 2.44. The third-order valence-electron chi connectivity index (χ3n) is 4.27. The maximum atomic E-state index is 13.9. The summed E-state index contributed by atoms with van der Waals surface area (Å²) in [6.45, 7) is 0. The molecule has 20 heavy (non-hydrogen) atoms. The predicted molar refractivity (Wildman–Crippen MR) is 71.7 cm³/mol. The van der Waals surface area contributed by atoms with Gasteiger partial charge in [-0.2, -0.15) is 5.26 Å². The van der Waals surface area contributed by atoms with Crippen molar-refractivity contribution in [1.29, 1.82) is 5.26 Å². The minimum Gasteiger partial charge on any atom is -0.387 e. The van der Waals surface area contributed by atoms with Gasteiger partial charge in [0.1, 0.15) is 6.10 Å². The average Bonchev–Trinajstić information content (AvgIpc) is 2.42. The molecule has 1 fully saturated rings. The minimum atomic E-state index is -1.28. The number of aliphatic hydroxyl groups excluding tert-OH is 1. The van der Waals surface area contributed by atoms with Crippen LogP contribution in [0.25, 0.3) is 0 Å².